The summed E-state index contributed by atoms with van der Waals surface area (Å²) in [5.41, 5.74) is 15.1. The minimum Gasteiger partial charge on any atom is -0.459 e. The van der Waals surface area contributed by atoms with Crippen molar-refractivity contribution in [2.24, 2.45) is 0 Å². The van der Waals surface area contributed by atoms with Gasteiger partial charge in [-0.15, -0.1) is 0 Å². The van der Waals surface area contributed by atoms with Crippen molar-refractivity contribution in [3.8, 4) is 11.1 Å². The number of nitrogens with one attached hydrogen (secondary N) is 2. The molecule has 2 aliphatic rings. The molecule has 0 saturated carbocycles. The fourth-order valence-corrected chi connectivity index (χ4v) is 6.12. The number of amides is 2. The van der Waals surface area contributed by atoms with E-state index in [0.717, 1.165) is 17.5 Å². The summed E-state index contributed by atoms with van der Waals surface area (Å²) in [5.74, 6) is -0.256. The van der Waals surface area contributed by atoms with Gasteiger partial charge in [-0.1, -0.05) is 78.9 Å². The van der Waals surface area contributed by atoms with Gasteiger partial charge in [0.25, 0.3) is 5.91 Å². The van der Waals surface area contributed by atoms with Gasteiger partial charge in [-0.2, -0.15) is 0 Å². The number of anilines is 2. The van der Waals surface area contributed by atoms with E-state index in [2.05, 4.69) is 53.1 Å². The number of unbranched alkanes of at least 4 members (excludes halogenated alkanes) is 1. The molecule has 8 nitrogen and oxygen atoms in total. The lowest BCUT2D eigenvalue weighted by atomic mass is 9.87. The number of carbonyl (C=O) groups is 2. The highest BCUT2D eigenvalue weighted by Crippen LogP contribution is 2.43. The van der Waals surface area contributed by atoms with Crippen LogP contribution in [0.15, 0.2) is 103 Å². The highest BCUT2D eigenvalue weighted by molar-refractivity contribution is 5.94. The van der Waals surface area contributed by atoms with Gasteiger partial charge in [-0.25, -0.2) is 0 Å². The Bertz CT molecular complexity index is 1730. The molecule has 0 unspecified atom stereocenters. The Morgan fingerprint density at radius 2 is 1.65 bits per heavy atom. The number of allylic oxidation sites excluding steroid dienone is 1. The van der Waals surface area contributed by atoms with E-state index in [0.29, 0.717) is 50.2 Å². The smallest absolute Gasteiger partial charge is 0.286 e. The van der Waals surface area contributed by atoms with E-state index in [-0.39, 0.29) is 30.1 Å². The minimum absolute atomic E-state index is 0.0148. The summed E-state index contributed by atoms with van der Waals surface area (Å²) in [5, 5.41) is 15.2. The average molecular weight is 618 g/mol. The molecule has 0 bridgehead atoms. The van der Waals surface area contributed by atoms with Gasteiger partial charge in [-0.05, 0) is 76.4 Å². The number of fused-ring (bicyclic) bond motifs is 3. The number of hydrogen-bond acceptors (Lipinski definition) is 6. The van der Waals surface area contributed by atoms with Crippen molar-refractivity contribution in [1.29, 1.82) is 0 Å². The lowest BCUT2D eigenvalue weighted by Crippen LogP contribution is -2.33. The average Bonchev–Trinajstić information content (AvgIpc) is 3.47. The first-order valence-corrected chi connectivity index (χ1v) is 15.8. The second-order valence-electron chi connectivity index (χ2n) is 11.8. The molecule has 0 aromatic heterocycles. The second-order valence-corrected chi connectivity index (χ2v) is 11.8. The van der Waals surface area contributed by atoms with E-state index in [4.69, 9.17) is 15.2 Å². The first-order valence-electron chi connectivity index (χ1n) is 15.8. The molecule has 2 amide bonds. The molecular formula is C38H39N3O5. The van der Waals surface area contributed by atoms with Crippen molar-refractivity contribution >= 4 is 23.2 Å². The molecule has 46 heavy (non-hydrogen) atoms. The van der Waals surface area contributed by atoms with E-state index < -0.39 is 6.29 Å². The summed E-state index contributed by atoms with van der Waals surface area (Å²) in [6, 6.07) is 29.6. The molecule has 0 radical (unpaired) electrons. The number of benzene rings is 4. The maximum Gasteiger partial charge on any atom is 0.286 e. The van der Waals surface area contributed by atoms with E-state index in [9.17, 15) is 14.7 Å². The topological polar surface area (TPSA) is 123 Å². The van der Waals surface area contributed by atoms with Crippen LogP contribution in [0.2, 0.25) is 0 Å². The van der Waals surface area contributed by atoms with Crippen LogP contribution in [0.4, 0.5) is 11.4 Å². The van der Waals surface area contributed by atoms with Gasteiger partial charge in [0.2, 0.25) is 12.2 Å². The zero-order valence-corrected chi connectivity index (χ0v) is 25.7. The standard InChI is InChI=1S/C38H39N3O5/c39-33-12-3-4-13-34(33)41-36(43)14-5-6-19-40-38(44)35-21-28(22-37(46-35)45-24-26-17-15-25(23-42)16-18-26)30-10-7-11-31-29-9-2-1-8-27(29)20-32(30)31/h1-4,7-13,15-18,21,28,37,42H,5-6,14,19-20,22-24,39H2,(H,40,44)(H,41,43)/t28-,37+/m0/s1. The third-order valence-corrected chi connectivity index (χ3v) is 8.56. The molecule has 1 heterocycles. The molecule has 4 aromatic rings. The predicted octanol–water partition coefficient (Wildman–Crippen LogP) is 6.19. The van der Waals surface area contributed by atoms with Crippen molar-refractivity contribution < 1.29 is 24.2 Å². The Kier molecular flexibility index (Phi) is 9.76. The maximum atomic E-state index is 13.4. The van der Waals surface area contributed by atoms with Crippen molar-refractivity contribution in [3.05, 3.63) is 131 Å². The van der Waals surface area contributed by atoms with Gasteiger partial charge in [-0.3, -0.25) is 9.59 Å². The predicted molar refractivity (Wildman–Crippen MR) is 178 cm³/mol. The summed E-state index contributed by atoms with van der Waals surface area (Å²) in [6.45, 7) is 0.704. The zero-order valence-electron chi connectivity index (χ0n) is 25.7. The van der Waals surface area contributed by atoms with Crippen LogP contribution in [-0.4, -0.2) is 29.8 Å². The number of aliphatic hydroxyl groups is 1. The highest BCUT2D eigenvalue weighted by atomic mass is 16.7. The fraction of sp³-hybridized carbons (Fsp3) is 0.263. The Morgan fingerprint density at radius 1 is 0.891 bits per heavy atom. The molecule has 5 N–H and O–H groups in total. The number of ether oxygens (including phenoxy) is 2. The quantitative estimate of drug-likeness (QED) is 0.0979. The number of para-hydroxylation sites is 2. The monoisotopic (exact) mass is 617 g/mol. The number of carbonyl (C=O) groups excluding carboxylic acids is 2. The van der Waals surface area contributed by atoms with Crippen LogP contribution in [0.1, 0.15) is 59.4 Å². The molecule has 8 heteroatoms. The number of hydrogen-bond donors (Lipinski definition) is 4. The molecule has 1 aliphatic carbocycles. The van der Waals surface area contributed by atoms with Gasteiger partial charge < -0.3 is 30.9 Å². The molecular weight excluding hydrogens is 578 g/mol. The Balaban J connectivity index is 1.11. The number of aliphatic hydroxyl groups excluding tert-OH is 1. The van der Waals surface area contributed by atoms with E-state index in [1.54, 1.807) is 12.1 Å². The lowest BCUT2D eigenvalue weighted by Gasteiger charge is -2.30. The van der Waals surface area contributed by atoms with Gasteiger partial charge in [0.1, 0.15) is 0 Å². The van der Waals surface area contributed by atoms with Crippen LogP contribution < -0.4 is 16.4 Å². The van der Waals surface area contributed by atoms with Crippen molar-refractivity contribution in [2.75, 3.05) is 17.6 Å². The first kappa shape index (κ1) is 31.1. The molecule has 0 saturated heterocycles. The Hall–Kier alpha value is -4.92. The van der Waals surface area contributed by atoms with Gasteiger partial charge in [0.15, 0.2) is 5.76 Å². The summed E-state index contributed by atoms with van der Waals surface area (Å²) in [6.07, 6.45) is 4.28. The summed E-state index contributed by atoms with van der Waals surface area (Å²) >= 11 is 0. The van der Waals surface area contributed by atoms with Gasteiger partial charge in [0, 0.05) is 25.3 Å². The normalized spacial score (nSPS) is 16.5. The maximum absolute atomic E-state index is 13.4. The van der Waals surface area contributed by atoms with Gasteiger partial charge in [0.05, 0.1) is 24.6 Å². The first-order chi connectivity index (χ1) is 22.5. The van der Waals surface area contributed by atoms with Crippen molar-refractivity contribution in [1.82, 2.24) is 5.32 Å². The fourth-order valence-electron chi connectivity index (χ4n) is 6.12. The summed E-state index contributed by atoms with van der Waals surface area (Å²) in [7, 11) is 0. The molecule has 0 fully saturated rings. The third-order valence-electron chi connectivity index (χ3n) is 8.56. The van der Waals surface area contributed by atoms with Crippen LogP contribution in [0.3, 0.4) is 0 Å². The number of nitrogens with two attached hydrogens (primary N) is 1. The van der Waals surface area contributed by atoms with Crippen molar-refractivity contribution in [3.63, 3.8) is 0 Å². The third kappa shape index (κ3) is 7.30. The van der Waals surface area contributed by atoms with E-state index >= 15 is 0 Å². The molecule has 2 atom stereocenters. The van der Waals surface area contributed by atoms with Crippen LogP contribution in [-0.2, 0) is 38.7 Å². The molecule has 1 aliphatic heterocycles. The zero-order chi connectivity index (χ0) is 31.9. The summed E-state index contributed by atoms with van der Waals surface area (Å²) < 4.78 is 12.4. The molecule has 236 valence electrons. The Labute approximate surface area is 269 Å². The van der Waals surface area contributed by atoms with E-state index in [1.165, 1.54) is 27.8 Å². The SMILES string of the molecule is Nc1ccccc1NC(=O)CCCCNC(=O)C1=C[C@H](c2cccc3c2Cc2ccccc2-3)C[C@H](OCc2ccc(CO)cc2)O1. The number of rotatable bonds is 12. The Morgan fingerprint density at radius 3 is 2.48 bits per heavy atom. The van der Waals surface area contributed by atoms with Crippen LogP contribution in [0.5, 0.6) is 0 Å². The van der Waals surface area contributed by atoms with Crippen LogP contribution in [0, 0.1) is 0 Å². The molecule has 0 spiro atoms. The van der Waals surface area contributed by atoms with Crippen LogP contribution >= 0.6 is 0 Å². The molecule has 4 aromatic carbocycles. The van der Waals surface area contributed by atoms with E-state index in [1.807, 2.05) is 42.5 Å². The van der Waals surface area contributed by atoms with Crippen LogP contribution in [0.25, 0.3) is 11.1 Å². The largest absolute Gasteiger partial charge is 0.459 e. The second kappa shape index (κ2) is 14.5. The molecule has 6 rings (SSSR count). The summed E-state index contributed by atoms with van der Waals surface area (Å²) in [4.78, 5) is 25.7. The number of nitrogen functional groups attached to an aromatic ring is 1. The minimum atomic E-state index is -0.623. The highest BCUT2D eigenvalue weighted by Gasteiger charge is 2.32. The lowest BCUT2D eigenvalue weighted by molar-refractivity contribution is -0.150. The van der Waals surface area contributed by atoms with Crippen molar-refractivity contribution in [2.45, 2.75) is 57.5 Å². The van der Waals surface area contributed by atoms with Gasteiger partial charge >= 0.3 is 0 Å².